The van der Waals surface area contributed by atoms with E-state index in [0.717, 1.165) is 17.2 Å². The number of aliphatic hydroxyl groups excluding tert-OH is 2. The van der Waals surface area contributed by atoms with Crippen molar-refractivity contribution in [2.45, 2.75) is 32.3 Å². The SMILES string of the molecule is Cc1cc(C)cc(C(=O)N[C@H]2OC(C(=O)O)=C[C@H](O)[C@H]2O)c1. The lowest BCUT2D eigenvalue weighted by Gasteiger charge is -2.31. The Morgan fingerprint density at radius 1 is 1.14 bits per heavy atom. The van der Waals surface area contributed by atoms with Crippen LogP contribution in [0.3, 0.4) is 0 Å². The summed E-state index contributed by atoms with van der Waals surface area (Å²) in [5.41, 5.74) is 2.14. The molecule has 0 spiro atoms. The summed E-state index contributed by atoms with van der Waals surface area (Å²) in [5, 5.41) is 30.7. The molecule has 7 nitrogen and oxygen atoms in total. The number of hydrogen-bond acceptors (Lipinski definition) is 5. The van der Waals surface area contributed by atoms with Crippen LogP contribution in [0.25, 0.3) is 0 Å². The lowest BCUT2D eigenvalue weighted by atomic mass is 10.1. The van der Waals surface area contributed by atoms with Gasteiger partial charge in [-0.3, -0.25) is 4.79 Å². The summed E-state index contributed by atoms with van der Waals surface area (Å²) >= 11 is 0. The van der Waals surface area contributed by atoms with Crippen molar-refractivity contribution >= 4 is 11.9 Å². The van der Waals surface area contributed by atoms with Gasteiger partial charge in [0.1, 0.15) is 12.2 Å². The van der Waals surface area contributed by atoms with Crippen molar-refractivity contribution in [1.82, 2.24) is 5.32 Å². The minimum Gasteiger partial charge on any atom is -0.475 e. The summed E-state index contributed by atoms with van der Waals surface area (Å²) in [7, 11) is 0. The first-order valence-electron chi connectivity index (χ1n) is 6.65. The highest BCUT2D eigenvalue weighted by Crippen LogP contribution is 2.18. The van der Waals surface area contributed by atoms with Crippen LogP contribution < -0.4 is 5.32 Å². The summed E-state index contributed by atoms with van der Waals surface area (Å²) < 4.78 is 5.00. The molecule has 0 aromatic heterocycles. The molecular weight excluding hydrogens is 290 g/mol. The van der Waals surface area contributed by atoms with Crippen molar-refractivity contribution in [3.05, 3.63) is 46.7 Å². The molecule has 1 aromatic rings. The number of carboxylic acid groups (broad SMARTS) is 1. The van der Waals surface area contributed by atoms with Crippen LogP contribution in [0, 0.1) is 13.8 Å². The van der Waals surface area contributed by atoms with E-state index >= 15 is 0 Å². The highest BCUT2D eigenvalue weighted by molar-refractivity contribution is 5.94. The summed E-state index contributed by atoms with van der Waals surface area (Å²) in [4.78, 5) is 23.1. The largest absolute Gasteiger partial charge is 0.475 e. The number of nitrogens with one attached hydrogen (secondary N) is 1. The number of benzene rings is 1. The maximum absolute atomic E-state index is 12.2. The molecule has 1 aromatic carbocycles. The second kappa shape index (κ2) is 6.17. The normalized spacial score (nSPS) is 24.2. The molecule has 0 fully saturated rings. The van der Waals surface area contributed by atoms with E-state index < -0.39 is 36.1 Å². The van der Waals surface area contributed by atoms with E-state index in [4.69, 9.17) is 9.84 Å². The summed E-state index contributed by atoms with van der Waals surface area (Å²) in [6, 6.07) is 5.21. The molecule has 1 aliphatic heterocycles. The molecule has 0 saturated heterocycles. The lowest BCUT2D eigenvalue weighted by Crippen LogP contribution is -2.52. The Morgan fingerprint density at radius 3 is 2.27 bits per heavy atom. The number of amides is 1. The van der Waals surface area contributed by atoms with E-state index in [1.54, 1.807) is 12.1 Å². The van der Waals surface area contributed by atoms with Gasteiger partial charge in [-0.1, -0.05) is 17.2 Å². The van der Waals surface area contributed by atoms with Gasteiger partial charge < -0.3 is 25.4 Å². The van der Waals surface area contributed by atoms with Gasteiger partial charge in [-0.05, 0) is 32.1 Å². The number of aliphatic carboxylic acids is 1. The Kier molecular flexibility index (Phi) is 4.48. The molecule has 0 aliphatic carbocycles. The molecule has 3 atom stereocenters. The molecule has 4 N–H and O–H groups in total. The third-order valence-corrected chi connectivity index (χ3v) is 3.20. The highest BCUT2D eigenvalue weighted by Gasteiger charge is 2.35. The number of aliphatic hydroxyl groups is 2. The van der Waals surface area contributed by atoms with Gasteiger partial charge in [-0.2, -0.15) is 0 Å². The van der Waals surface area contributed by atoms with Crippen LogP contribution in [0.1, 0.15) is 21.5 Å². The van der Waals surface area contributed by atoms with Gasteiger partial charge in [-0.15, -0.1) is 0 Å². The number of carboxylic acids is 1. The smallest absolute Gasteiger partial charge is 0.371 e. The van der Waals surface area contributed by atoms with Crippen molar-refractivity contribution in [2.75, 3.05) is 0 Å². The third kappa shape index (κ3) is 3.44. The molecule has 0 unspecified atom stereocenters. The van der Waals surface area contributed by atoms with E-state index in [9.17, 15) is 19.8 Å². The van der Waals surface area contributed by atoms with Crippen molar-refractivity contribution in [3.8, 4) is 0 Å². The molecule has 1 aliphatic rings. The zero-order chi connectivity index (χ0) is 16.4. The van der Waals surface area contributed by atoms with Crippen LogP contribution in [-0.2, 0) is 9.53 Å². The predicted octanol–water partition coefficient (Wildman–Crippen LogP) is 0.0798. The molecule has 0 radical (unpaired) electrons. The van der Waals surface area contributed by atoms with Gasteiger partial charge in [0.05, 0.1) is 0 Å². The molecule has 2 rings (SSSR count). The first-order chi connectivity index (χ1) is 10.3. The Morgan fingerprint density at radius 2 is 1.73 bits per heavy atom. The van der Waals surface area contributed by atoms with Crippen LogP contribution in [0.15, 0.2) is 30.0 Å². The molecule has 0 saturated carbocycles. The van der Waals surface area contributed by atoms with E-state index in [0.29, 0.717) is 5.56 Å². The van der Waals surface area contributed by atoms with Crippen LogP contribution in [0.5, 0.6) is 0 Å². The Bertz CT molecular complexity index is 619. The average molecular weight is 307 g/mol. The van der Waals surface area contributed by atoms with Crippen molar-refractivity contribution < 1.29 is 29.6 Å². The lowest BCUT2D eigenvalue weighted by molar-refractivity contribution is -0.144. The molecule has 0 bridgehead atoms. The molecule has 1 amide bonds. The molecular formula is C15H17NO6. The van der Waals surface area contributed by atoms with E-state index in [1.165, 1.54) is 0 Å². The average Bonchev–Trinajstić information content (AvgIpc) is 2.42. The molecule has 7 heteroatoms. The van der Waals surface area contributed by atoms with Gasteiger partial charge in [0.15, 0.2) is 0 Å². The number of carbonyl (C=O) groups excluding carboxylic acids is 1. The summed E-state index contributed by atoms with van der Waals surface area (Å²) in [6.07, 6.45) is -3.37. The first-order valence-corrected chi connectivity index (χ1v) is 6.65. The standard InChI is InChI=1S/C15H17NO6/c1-7-3-8(2)5-9(4-7)13(19)16-14-12(18)10(17)6-11(22-14)15(20)21/h3-6,10,12,14,17-18H,1-2H3,(H,16,19)(H,20,21)/t10-,12+,14-/m0/s1. The van der Waals surface area contributed by atoms with Gasteiger partial charge in [-0.25, -0.2) is 4.79 Å². The second-order valence-corrected chi connectivity index (χ2v) is 5.21. The fraction of sp³-hybridized carbons (Fsp3) is 0.333. The third-order valence-electron chi connectivity index (χ3n) is 3.20. The zero-order valence-corrected chi connectivity index (χ0v) is 12.1. The van der Waals surface area contributed by atoms with Crippen molar-refractivity contribution in [1.29, 1.82) is 0 Å². The quantitative estimate of drug-likeness (QED) is 0.628. The number of aryl methyl sites for hydroxylation is 2. The Hall–Kier alpha value is -2.38. The number of hydrogen-bond donors (Lipinski definition) is 4. The van der Waals surface area contributed by atoms with E-state index in [-0.39, 0.29) is 0 Å². The first kappa shape index (κ1) is 16.0. The monoisotopic (exact) mass is 307 g/mol. The Labute approximate surface area is 126 Å². The molecule has 118 valence electrons. The maximum atomic E-state index is 12.2. The van der Waals surface area contributed by atoms with Crippen LogP contribution in [-0.4, -0.2) is 45.6 Å². The van der Waals surface area contributed by atoms with Gasteiger partial charge in [0.25, 0.3) is 5.91 Å². The maximum Gasteiger partial charge on any atom is 0.371 e. The zero-order valence-electron chi connectivity index (χ0n) is 12.1. The number of rotatable bonds is 3. The molecule has 1 heterocycles. The van der Waals surface area contributed by atoms with Gasteiger partial charge >= 0.3 is 5.97 Å². The summed E-state index contributed by atoms with van der Waals surface area (Å²) in [5.74, 6) is -2.45. The van der Waals surface area contributed by atoms with Crippen molar-refractivity contribution in [2.24, 2.45) is 0 Å². The number of carbonyl (C=O) groups is 2. The summed E-state index contributed by atoms with van der Waals surface area (Å²) in [6.45, 7) is 3.68. The van der Waals surface area contributed by atoms with Gasteiger partial charge in [0.2, 0.25) is 12.0 Å². The van der Waals surface area contributed by atoms with Crippen LogP contribution in [0.4, 0.5) is 0 Å². The Balaban J connectivity index is 2.17. The minimum atomic E-state index is -1.46. The molecule has 22 heavy (non-hydrogen) atoms. The predicted molar refractivity (Wildman–Crippen MR) is 76.0 cm³/mol. The van der Waals surface area contributed by atoms with E-state index in [1.807, 2.05) is 19.9 Å². The minimum absolute atomic E-state index is 0.356. The number of ether oxygens (including phenoxy) is 1. The van der Waals surface area contributed by atoms with Gasteiger partial charge in [0, 0.05) is 5.56 Å². The fourth-order valence-electron chi connectivity index (χ4n) is 2.23. The fourth-order valence-corrected chi connectivity index (χ4v) is 2.23. The highest BCUT2D eigenvalue weighted by atomic mass is 16.5. The van der Waals surface area contributed by atoms with Crippen molar-refractivity contribution in [3.63, 3.8) is 0 Å². The second-order valence-electron chi connectivity index (χ2n) is 5.21. The van der Waals surface area contributed by atoms with Crippen LogP contribution in [0.2, 0.25) is 0 Å². The van der Waals surface area contributed by atoms with E-state index in [2.05, 4.69) is 5.32 Å². The topological polar surface area (TPSA) is 116 Å². The van der Waals surface area contributed by atoms with Crippen LogP contribution >= 0.6 is 0 Å².